The van der Waals surface area contributed by atoms with E-state index < -0.39 is 0 Å². The minimum absolute atomic E-state index is 0.101. The van der Waals surface area contributed by atoms with Gasteiger partial charge in [-0.15, -0.1) is 28.5 Å². The fourth-order valence-corrected chi connectivity index (χ4v) is 3.94. The minimum atomic E-state index is -0.241. The van der Waals surface area contributed by atoms with Crippen LogP contribution in [-0.4, -0.2) is 27.1 Å². The van der Waals surface area contributed by atoms with E-state index in [0.29, 0.717) is 10.2 Å². The van der Waals surface area contributed by atoms with Gasteiger partial charge in [-0.2, -0.15) is 0 Å². The molecule has 0 bridgehead atoms. The molecule has 1 aromatic carbocycles. The van der Waals surface area contributed by atoms with Gasteiger partial charge >= 0.3 is 0 Å². The van der Waals surface area contributed by atoms with Gasteiger partial charge in [-0.25, -0.2) is 0 Å². The van der Waals surface area contributed by atoms with Crippen LogP contribution in [0.3, 0.4) is 0 Å². The maximum atomic E-state index is 12.2. The van der Waals surface area contributed by atoms with Crippen molar-refractivity contribution in [2.45, 2.75) is 21.4 Å². The number of hydrogen-bond donors (Lipinski definition) is 1. The number of anilines is 1. The van der Waals surface area contributed by atoms with Crippen molar-refractivity contribution in [3.05, 3.63) is 41.9 Å². The lowest BCUT2D eigenvalue weighted by Gasteiger charge is -2.10. The predicted molar refractivity (Wildman–Crippen MR) is 96.2 cm³/mol. The molecule has 1 atom stereocenters. The van der Waals surface area contributed by atoms with Gasteiger partial charge in [0.15, 0.2) is 4.34 Å². The quantitative estimate of drug-likeness (QED) is 0.438. The molecule has 0 radical (unpaired) electrons. The number of hydrogen-bond acceptors (Lipinski definition) is 6. The number of carbonyl (C=O) groups excluding carboxylic acids is 1. The summed E-state index contributed by atoms with van der Waals surface area (Å²) in [6.45, 7) is 5.50. The zero-order chi connectivity index (χ0) is 15.9. The third-order valence-electron chi connectivity index (χ3n) is 2.46. The summed E-state index contributed by atoms with van der Waals surface area (Å²) in [6.07, 6.45) is 1.80. The molecule has 0 fully saturated rings. The Bertz CT molecular complexity index is 645. The van der Waals surface area contributed by atoms with Crippen molar-refractivity contribution in [2.24, 2.45) is 0 Å². The topological polar surface area (TPSA) is 54.9 Å². The number of halogens is 1. The smallest absolute Gasteiger partial charge is 0.239 e. The van der Waals surface area contributed by atoms with Crippen LogP contribution in [-0.2, 0) is 4.79 Å². The molecule has 0 spiro atoms. The summed E-state index contributed by atoms with van der Waals surface area (Å²) in [7, 11) is 0. The standard InChI is InChI=1S/C14H14ClN3OS3/c1-3-8-20-14-18-17-13(22-14)16-12(19)9(2)21-11-6-4-10(15)5-7-11/h3-7,9H,1,8H2,2H3,(H,16,17,19). The monoisotopic (exact) mass is 371 g/mol. The Balaban J connectivity index is 1.89. The molecule has 1 amide bonds. The predicted octanol–water partition coefficient (Wildman–Crippen LogP) is 4.59. The Hall–Kier alpha value is -1.02. The summed E-state index contributed by atoms with van der Waals surface area (Å²) in [5, 5.41) is 11.7. The molecular formula is C14H14ClN3OS3. The fourth-order valence-electron chi connectivity index (χ4n) is 1.43. The normalized spacial score (nSPS) is 11.9. The van der Waals surface area contributed by atoms with Crippen LogP contribution in [0, 0.1) is 0 Å². The highest BCUT2D eigenvalue weighted by molar-refractivity contribution is 8.01. The second-order valence-electron chi connectivity index (χ2n) is 4.18. The van der Waals surface area contributed by atoms with Gasteiger partial charge in [0.1, 0.15) is 0 Å². The van der Waals surface area contributed by atoms with Gasteiger partial charge in [0.25, 0.3) is 0 Å². The van der Waals surface area contributed by atoms with Crippen LogP contribution in [0.5, 0.6) is 0 Å². The lowest BCUT2D eigenvalue weighted by molar-refractivity contribution is -0.115. The van der Waals surface area contributed by atoms with Crippen molar-refractivity contribution in [1.82, 2.24) is 10.2 Å². The maximum Gasteiger partial charge on any atom is 0.239 e. The lowest BCUT2D eigenvalue weighted by atomic mass is 10.4. The van der Waals surface area contributed by atoms with E-state index in [9.17, 15) is 4.79 Å². The van der Waals surface area contributed by atoms with Crippen LogP contribution in [0.25, 0.3) is 0 Å². The van der Waals surface area contributed by atoms with E-state index in [2.05, 4.69) is 22.1 Å². The second kappa shape index (κ2) is 8.57. The highest BCUT2D eigenvalue weighted by Gasteiger charge is 2.16. The van der Waals surface area contributed by atoms with E-state index in [4.69, 9.17) is 11.6 Å². The molecule has 0 aliphatic carbocycles. The summed E-state index contributed by atoms with van der Waals surface area (Å²) in [5.74, 6) is 0.669. The zero-order valence-electron chi connectivity index (χ0n) is 11.8. The van der Waals surface area contributed by atoms with Crippen LogP contribution in [0.15, 0.2) is 46.2 Å². The van der Waals surface area contributed by atoms with Crippen LogP contribution < -0.4 is 5.32 Å². The summed E-state index contributed by atoms with van der Waals surface area (Å²) in [5.41, 5.74) is 0. The molecule has 1 aromatic heterocycles. The minimum Gasteiger partial charge on any atom is -0.300 e. The van der Waals surface area contributed by atoms with Crippen LogP contribution in [0.1, 0.15) is 6.92 Å². The first-order chi connectivity index (χ1) is 10.6. The van der Waals surface area contributed by atoms with Gasteiger partial charge < -0.3 is 0 Å². The van der Waals surface area contributed by atoms with Crippen molar-refractivity contribution in [3.63, 3.8) is 0 Å². The molecule has 2 rings (SSSR count). The van der Waals surface area contributed by atoms with Crippen LogP contribution in [0.4, 0.5) is 5.13 Å². The molecule has 22 heavy (non-hydrogen) atoms. The molecule has 116 valence electrons. The van der Waals surface area contributed by atoms with Crippen molar-refractivity contribution in [2.75, 3.05) is 11.1 Å². The van der Waals surface area contributed by atoms with E-state index >= 15 is 0 Å². The van der Waals surface area contributed by atoms with Gasteiger partial charge in [-0.3, -0.25) is 10.1 Å². The number of benzene rings is 1. The third kappa shape index (κ3) is 5.31. The first kappa shape index (κ1) is 17.3. The highest BCUT2D eigenvalue weighted by atomic mass is 35.5. The van der Waals surface area contributed by atoms with E-state index in [0.717, 1.165) is 15.0 Å². The van der Waals surface area contributed by atoms with Crippen LogP contribution >= 0.6 is 46.5 Å². The SMILES string of the molecule is C=CCSc1nnc(NC(=O)C(C)Sc2ccc(Cl)cc2)s1. The lowest BCUT2D eigenvalue weighted by Crippen LogP contribution is -2.22. The second-order valence-corrected chi connectivity index (χ2v) is 8.27. The number of rotatable bonds is 7. The molecule has 0 saturated carbocycles. The Morgan fingerprint density at radius 3 is 2.86 bits per heavy atom. The highest BCUT2D eigenvalue weighted by Crippen LogP contribution is 2.28. The van der Waals surface area contributed by atoms with Crippen molar-refractivity contribution in [3.8, 4) is 0 Å². The third-order valence-corrected chi connectivity index (χ3v) is 5.79. The molecule has 8 heteroatoms. The van der Waals surface area contributed by atoms with E-state index in [1.54, 1.807) is 6.08 Å². The number of carbonyl (C=O) groups is 1. The number of nitrogens with one attached hydrogen (secondary N) is 1. The van der Waals surface area contributed by atoms with Crippen molar-refractivity contribution < 1.29 is 4.79 Å². The van der Waals surface area contributed by atoms with Gasteiger partial charge in [0.2, 0.25) is 11.0 Å². The van der Waals surface area contributed by atoms with E-state index in [1.807, 2.05) is 31.2 Å². The van der Waals surface area contributed by atoms with Crippen LogP contribution in [0.2, 0.25) is 5.02 Å². The molecule has 0 aliphatic heterocycles. The molecule has 0 aliphatic rings. The summed E-state index contributed by atoms with van der Waals surface area (Å²) in [4.78, 5) is 13.2. The van der Waals surface area contributed by atoms with Crippen molar-refractivity contribution >= 4 is 57.5 Å². The van der Waals surface area contributed by atoms with Gasteiger partial charge in [0.05, 0.1) is 5.25 Å². The number of aromatic nitrogens is 2. The molecule has 1 unspecified atom stereocenters. The van der Waals surface area contributed by atoms with Gasteiger partial charge in [0, 0.05) is 15.7 Å². The fraction of sp³-hybridized carbons (Fsp3) is 0.214. The molecule has 0 saturated heterocycles. The van der Waals surface area contributed by atoms with Gasteiger partial charge in [-0.05, 0) is 31.2 Å². The van der Waals surface area contributed by atoms with E-state index in [-0.39, 0.29) is 11.2 Å². The number of nitrogens with zero attached hydrogens (tertiary/aromatic N) is 2. The first-order valence-corrected chi connectivity index (χ1v) is 9.44. The summed E-state index contributed by atoms with van der Waals surface area (Å²) >= 11 is 10.2. The Morgan fingerprint density at radius 1 is 1.45 bits per heavy atom. The average Bonchev–Trinajstić information content (AvgIpc) is 2.95. The molecule has 1 heterocycles. The molecule has 1 N–H and O–H groups in total. The van der Waals surface area contributed by atoms with Crippen molar-refractivity contribution in [1.29, 1.82) is 0 Å². The van der Waals surface area contributed by atoms with E-state index in [1.165, 1.54) is 34.9 Å². The largest absolute Gasteiger partial charge is 0.300 e. The summed E-state index contributed by atoms with van der Waals surface area (Å²) < 4.78 is 0.813. The van der Waals surface area contributed by atoms with Gasteiger partial charge in [-0.1, -0.05) is 40.8 Å². The molecule has 4 nitrogen and oxygen atoms in total. The molecule has 2 aromatic rings. The number of thioether (sulfide) groups is 2. The zero-order valence-corrected chi connectivity index (χ0v) is 15.0. The molecular weight excluding hydrogens is 358 g/mol. The Morgan fingerprint density at radius 2 is 2.18 bits per heavy atom. The first-order valence-electron chi connectivity index (χ1n) is 6.39. The Labute approximate surface area is 146 Å². The summed E-state index contributed by atoms with van der Waals surface area (Å²) in [6, 6.07) is 7.41. The number of amides is 1. The maximum absolute atomic E-state index is 12.2. The Kier molecular flexibility index (Phi) is 6.75. The average molecular weight is 372 g/mol.